The molecule has 0 radical (unpaired) electrons. The molecule has 2 aromatic heterocycles. The molecule has 0 atom stereocenters. The molecule has 0 spiro atoms. The van der Waals surface area contributed by atoms with Crippen LogP contribution in [0.25, 0.3) is 10.2 Å². The van der Waals surface area contributed by atoms with E-state index in [4.69, 9.17) is 5.73 Å². The standard InChI is InChI=1S/C18H21N5S/c1-18(2,3)15-8-14-16(20-11-21-17(14)24-15)23-22-10-13-6-4-12(9-19)5-7-13/h4-8,10-11H,9,19H2,1-3H3,(H,20,21,23). The van der Waals surface area contributed by atoms with Crippen molar-refractivity contribution < 1.29 is 0 Å². The van der Waals surface area contributed by atoms with Gasteiger partial charge in [-0.15, -0.1) is 11.3 Å². The van der Waals surface area contributed by atoms with E-state index in [9.17, 15) is 0 Å². The lowest BCUT2D eigenvalue weighted by atomic mass is 9.94. The molecule has 2 heterocycles. The van der Waals surface area contributed by atoms with E-state index in [0.29, 0.717) is 6.54 Å². The Kier molecular flexibility index (Phi) is 4.59. The van der Waals surface area contributed by atoms with E-state index in [1.807, 2.05) is 24.3 Å². The van der Waals surface area contributed by atoms with Crippen molar-refractivity contribution in [2.45, 2.75) is 32.7 Å². The number of rotatable bonds is 4. The average molecular weight is 339 g/mol. The highest BCUT2D eigenvalue weighted by Gasteiger charge is 2.18. The molecule has 0 amide bonds. The number of hydrogen-bond donors (Lipinski definition) is 2. The van der Waals surface area contributed by atoms with Crippen LogP contribution in [0.4, 0.5) is 5.82 Å². The number of aromatic nitrogens is 2. The number of nitrogens with two attached hydrogens (primary N) is 1. The summed E-state index contributed by atoms with van der Waals surface area (Å²) < 4.78 is 0. The largest absolute Gasteiger partial charge is 0.326 e. The summed E-state index contributed by atoms with van der Waals surface area (Å²) in [5.74, 6) is 0.724. The molecule has 6 heteroatoms. The van der Waals surface area contributed by atoms with Gasteiger partial charge in [0.1, 0.15) is 11.2 Å². The summed E-state index contributed by atoms with van der Waals surface area (Å²) in [7, 11) is 0. The van der Waals surface area contributed by atoms with Crippen LogP contribution in [0.15, 0.2) is 41.8 Å². The number of hydrogen-bond acceptors (Lipinski definition) is 6. The van der Waals surface area contributed by atoms with E-state index in [2.05, 4.69) is 47.3 Å². The third-order valence-corrected chi connectivity index (χ3v) is 5.14. The highest BCUT2D eigenvalue weighted by molar-refractivity contribution is 7.18. The molecule has 1 aromatic carbocycles. The second kappa shape index (κ2) is 6.67. The maximum atomic E-state index is 5.60. The van der Waals surface area contributed by atoms with Crippen LogP contribution < -0.4 is 11.2 Å². The third-order valence-electron chi connectivity index (χ3n) is 3.67. The first-order chi connectivity index (χ1) is 11.5. The minimum absolute atomic E-state index is 0.0939. The number of nitrogens with zero attached hydrogens (tertiary/aromatic N) is 3. The molecule has 3 rings (SSSR count). The average Bonchev–Trinajstić information content (AvgIpc) is 3.01. The number of hydrazone groups is 1. The summed E-state index contributed by atoms with van der Waals surface area (Å²) in [5, 5.41) is 5.30. The molecule has 3 aromatic rings. The summed E-state index contributed by atoms with van der Waals surface area (Å²) in [6.45, 7) is 7.13. The van der Waals surface area contributed by atoms with E-state index in [1.165, 1.54) is 4.88 Å². The van der Waals surface area contributed by atoms with Crippen LogP contribution in [-0.2, 0) is 12.0 Å². The molecule has 0 aliphatic rings. The first-order valence-electron chi connectivity index (χ1n) is 7.80. The molecule has 0 saturated carbocycles. The zero-order chi connectivity index (χ0) is 17.2. The Morgan fingerprint density at radius 2 is 1.96 bits per heavy atom. The number of benzene rings is 1. The van der Waals surface area contributed by atoms with Gasteiger partial charge in [0.25, 0.3) is 0 Å². The molecular weight excluding hydrogens is 318 g/mol. The summed E-state index contributed by atoms with van der Waals surface area (Å²) in [5.41, 5.74) is 10.8. The predicted molar refractivity (Wildman–Crippen MR) is 102 cm³/mol. The fourth-order valence-corrected chi connectivity index (χ4v) is 3.28. The molecule has 0 aliphatic heterocycles. The van der Waals surface area contributed by atoms with Gasteiger partial charge in [-0.05, 0) is 22.6 Å². The van der Waals surface area contributed by atoms with Gasteiger partial charge < -0.3 is 5.73 Å². The number of fused-ring (bicyclic) bond motifs is 1. The second-order valence-corrected chi connectivity index (χ2v) is 7.65. The van der Waals surface area contributed by atoms with E-state index < -0.39 is 0 Å². The van der Waals surface area contributed by atoms with Crippen molar-refractivity contribution in [2.24, 2.45) is 10.8 Å². The van der Waals surface area contributed by atoms with Crippen molar-refractivity contribution >= 4 is 33.6 Å². The van der Waals surface area contributed by atoms with Gasteiger partial charge in [-0.25, -0.2) is 9.97 Å². The van der Waals surface area contributed by atoms with Gasteiger partial charge in [0, 0.05) is 11.4 Å². The first kappa shape index (κ1) is 16.5. The van der Waals surface area contributed by atoms with Crippen molar-refractivity contribution in [3.63, 3.8) is 0 Å². The molecule has 124 valence electrons. The highest BCUT2D eigenvalue weighted by Crippen LogP contribution is 2.35. The van der Waals surface area contributed by atoms with Crippen molar-refractivity contribution in [2.75, 3.05) is 5.43 Å². The lowest BCUT2D eigenvalue weighted by Gasteiger charge is -2.14. The van der Waals surface area contributed by atoms with E-state index in [0.717, 1.165) is 27.2 Å². The van der Waals surface area contributed by atoms with Gasteiger partial charge in [0.15, 0.2) is 5.82 Å². The minimum atomic E-state index is 0.0939. The molecule has 24 heavy (non-hydrogen) atoms. The fourth-order valence-electron chi connectivity index (χ4n) is 2.22. The van der Waals surface area contributed by atoms with Crippen molar-refractivity contribution in [3.8, 4) is 0 Å². The van der Waals surface area contributed by atoms with Crippen LogP contribution in [0.2, 0.25) is 0 Å². The molecule has 5 nitrogen and oxygen atoms in total. The Morgan fingerprint density at radius 3 is 2.62 bits per heavy atom. The van der Waals surface area contributed by atoms with Crippen LogP contribution in [-0.4, -0.2) is 16.2 Å². The summed E-state index contributed by atoms with van der Waals surface area (Å²) >= 11 is 1.70. The molecule has 0 aliphatic carbocycles. The summed E-state index contributed by atoms with van der Waals surface area (Å²) in [6, 6.07) is 10.1. The Bertz CT molecular complexity index is 859. The highest BCUT2D eigenvalue weighted by atomic mass is 32.1. The lowest BCUT2D eigenvalue weighted by Crippen LogP contribution is -2.07. The SMILES string of the molecule is CC(C)(C)c1cc2c(NN=Cc3ccc(CN)cc3)ncnc2s1. The molecule has 0 unspecified atom stereocenters. The van der Waals surface area contributed by atoms with Crippen LogP contribution in [0.3, 0.4) is 0 Å². The van der Waals surface area contributed by atoms with Crippen molar-refractivity contribution in [1.29, 1.82) is 0 Å². The number of anilines is 1. The van der Waals surface area contributed by atoms with Gasteiger partial charge in [-0.3, -0.25) is 5.43 Å². The van der Waals surface area contributed by atoms with Crippen LogP contribution in [0, 0.1) is 0 Å². The van der Waals surface area contributed by atoms with Crippen molar-refractivity contribution in [1.82, 2.24) is 9.97 Å². The number of nitrogens with one attached hydrogen (secondary N) is 1. The Balaban J connectivity index is 1.81. The van der Waals surface area contributed by atoms with Gasteiger partial charge in [-0.1, -0.05) is 45.0 Å². The van der Waals surface area contributed by atoms with E-state index >= 15 is 0 Å². The topological polar surface area (TPSA) is 76.2 Å². The molecular formula is C18H21N5S. The van der Waals surface area contributed by atoms with E-state index in [-0.39, 0.29) is 5.41 Å². The summed E-state index contributed by atoms with van der Waals surface area (Å²) in [6.07, 6.45) is 3.34. The third kappa shape index (κ3) is 3.60. The Hall–Kier alpha value is -2.31. The quantitative estimate of drug-likeness (QED) is 0.558. The maximum absolute atomic E-state index is 5.60. The number of thiophene rings is 1. The monoisotopic (exact) mass is 339 g/mol. The minimum Gasteiger partial charge on any atom is -0.326 e. The summed E-state index contributed by atoms with van der Waals surface area (Å²) in [4.78, 5) is 10.9. The fraction of sp³-hybridized carbons (Fsp3) is 0.278. The maximum Gasteiger partial charge on any atom is 0.158 e. The van der Waals surface area contributed by atoms with Gasteiger partial charge >= 0.3 is 0 Å². The Labute approximate surface area is 145 Å². The van der Waals surface area contributed by atoms with Gasteiger partial charge in [0.05, 0.1) is 11.6 Å². The van der Waals surface area contributed by atoms with Crippen LogP contribution in [0.1, 0.15) is 36.8 Å². The smallest absolute Gasteiger partial charge is 0.158 e. The lowest BCUT2D eigenvalue weighted by molar-refractivity contribution is 0.604. The Morgan fingerprint density at radius 1 is 1.21 bits per heavy atom. The van der Waals surface area contributed by atoms with Crippen LogP contribution in [0.5, 0.6) is 0 Å². The second-order valence-electron chi connectivity index (χ2n) is 6.62. The normalized spacial score (nSPS) is 12.2. The zero-order valence-electron chi connectivity index (χ0n) is 14.1. The van der Waals surface area contributed by atoms with Gasteiger partial charge in [-0.2, -0.15) is 5.10 Å². The molecule has 0 saturated heterocycles. The molecule has 3 N–H and O–H groups in total. The first-order valence-corrected chi connectivity index (χ1v) is 8.62. The molecule has 0 fully saturated rings. The molecule has 0 bridgehead atoms. The predicted octanol–water partition coefficient (Wildman–Crippen LogP) is 3.89. The van der Waals surface area contributed by atoms with Crippen molar-refractivity contribution in [3.05, 3.63) is 52.7 Å². The van der Waals surface area contributed by atoms with Gasteiger partial charge in [0.2, 0.25) is 0 Å². The zero-order valence-corrected chi connectivity index (χ0v) is 14.9. The van der Waals surface area contributed by atoms with Crippen LogP contribution >= 0.6 is 11.3 Å². The van der Waals surface area contributed by atoms with E-state index in [1.54, 1.807) is 23.9 Å².